The van der Waals surface area contributed by atoms with Gasteiger partial charge in [-0.2, -0.15) is 5.10 Å². The second-order valence-electron chi connectivity index (χ2n) is 4.22. The zero-order valence-electron chi connectivity index (χ0n) is 9.68. The summed E-state index contributed by atoms with van der Waals surface area (Å²) in [5.41, 5.74) is 1.93. The Balaban J connectivity index is 2.30. The number of nitrogens with zero attached hydrogens (tertiary/aromatic N) is 2. The molecule has 0 aromatic carbocycles. The van der Waals surface area contributed by atoms with Crippen LogP contribution in [0.1, 0.15) is 36.9 Å². The molecule has 2 N–H and O–H groups in total. The van der Waals surface area contributed by atoms with Gasteiger partial charge in [0, 0.05) is 17.8 Å². The van der Waals surface area contributed by atoms with Gasteiger partial charge in [0.1, 0.15) is 6.23 Å². The van der Waals surface area contributed by atoms with Crippen LogP contribution < -0.4 is 5.46 Å². The highest BCUT2D eigenvalue weighted by Crippen LogP contribution is 2.22. The van der Waals surface area contributed by atoms with Gasteiger partial charge in [0.25, 0.3) is 0 Å². The minimum Gasteiger partial charge on any atom is -0.423 e. The van der Waals surface area contributed by atoms with Crippen molar-refractivity contribution in [3.05, 3.63) is 11.4 Å². The molecule has 5 nitrogen and oxygen atoms in total. The fourth-order valence-electron chi connectivity index (χ4n) is 2.25. The van der Waals surface area contributed by atoms with Crippen LogP contribution in [0, 0.1) is 13.8 Å². The van der Waals surface area contributed by atoms with Gasteiger partial charge in [0.05, 0.1) is 5.69 Å². The normalized spacial score (nSPS) is 21.1. The Labute approximate surface area is 95.2 Å². The Kier molecular flexibility index (Phi) is 3.32. The Morgan fingerprint density at radius 1 is 1.38 bits per heavy atom. The van der Waals surface area contributed by atoms with Gasteiger partial charge >= 0.3 is 7.12 Å². The molecule has 0 spiro atoms. The predicted octanol–water partition coefficient (Wildman–Crippen LogP) is -0.121. The smallest absolute Gasteiger partial charge is 0.423 e. The first-order chi connectivity index (χ1) is 7.61. The lowest BCUT2D eigenvalue weighted by atomic mass is 9.78. The lowest BCUT2D eigenvalue weighted by Crippen LogP contribution is -2.33. The van der Waals surface area contributed by atoms with Gasteiger partial charge in [0.15, 0.2) is 0 Å². The third-order valence-corrected chi connectivity index (χ3v) is 3.07. The molecule has 0 unspecified atom stereocenters. The molecule has 1 atom stereocenters. The SMILES string of the molecule is Cc1nn([C@H]2CCCCO2)c(C)c1B(O)O. The molecule has 0 aliphatic carbocycles. The summed E-state index contributed by atoms with van der Waals surface area (Å²) in [5.74, 6) is 0. The third kappa shape index (κ3) is 2.00. The number of rotatable bonds is 2. The molecule has 1 fully saturated rings. The molecule has 1 aliphatic rings. The van der Waals surface area contributed by atoms with Crippen molar-refractivity contribution in [1.29, 1.82) is 0 Å². The van der Waals surface area contributed by atoms with E-state index in [0.29, 0.717) is 11.2 Å². The van der Waals surface area contributed by atoms with Crippen molar-refractivity contribution in [3.8, 4) is 0 Å². The van der Waals surface area contributed by atoms with E-state index >= 15 is 0 Å². The van der Waals surface area contributed by atoms with Gasteiger partial charge in [-0.15, -0.1) is 0 Å². The minimum atomic E-state index is -1.46. The molecule has 1 aromatic heterocycles. The fourth-order valence-corrected chi connectivity index (χ4v) is 2.25. The van der Waals surface area contributed by atoms with Crippen molar-refractivity contribution >= 4 is 12.6 Å². The van der Waals surface area contributed by atoms with Crippen molar-refractivity contribution < 1.29 is 14.8 Å². The molecule has 1 aliphatic heterocycles. The standard InChI is InChI=1S/C10H17BN2O3/c1-7-10(11(14)15)8(2)13(12-7)9-5-3-4-6-16-9/h9,14-15H,3-6H2,1-2H3/t9-/m1/s1. The number of hydrogen-bond acceptors (Lipinski definition) is 4. The van der Waals surface area contributed by atoms with Crippen LogP contribution in [0.25, 0.3) is 0 Å². The van der Waals surface area contributed by atoms with Gasteiger partial charge < -0.3 is 14.8 Å². The summed E-state index contributed by atoms with van der Waals surface area (Å²) in [7, 11) is -1.46. The summed E-state index contributed by atoms with van der Waals surface area (Å²) in [5, 5.41) is 22.8. The number of aryl methyl sites for hydroxylation is 1. The first-order valence-corrected chi connectivity index (χ1v) is 5.64. The summed E-state index contributed by atoms with van der Waals surface area (Å²) >= 11 is 0. The van der Waals surface area contributed by atoms with Crippen LogP contribution in [0.3, 0.4) is 0 Å². The molecule has 1 aromatic rings. The monoisotopic (exact) mass is 224 g/mol. The van der Waals surface area contributed by atoms with E-state index < -0.39 is 7.12 Å². The van der Waals surface area contributed by atoms with Crippen LogP contribution in [-0.4, -0.2) is 33.6 Å². The summed E-state index contributed by atoms with van der Waals surface area (Å²) in [4.78, 5) is 0. The second kappa shape index (κ2) is 4.57. The summed E-state index contributed by atoms with van der Waals surface area (Å²) in [6.07, 6.45) is 3.09. The molecule has 88 valence electrons. The van der Waals surface area contributed by atoms with E-state index in [1.165, 1.54) is 0 Å². The topological polar surface area (TPSA) is 67.5 Å². The van der Waals surface area contributed by atoms with Crippen LogP contribution in [0.2, 0.25) is 0 Å². The van der Waals surface area contributed by atoms with Gasteiger partial charge in [-0.05, 0) is 33.1 Å². The highest BCUT2D eigenvalue weighted by molar-refractivity contribution is 6.59. The van der Waals surface area contributed by atoms with Gasteiger partial charge in [-0.25, -0.2) is 4.68 Å². The Hall–Kier alpha value is -0.845. The first kappa shape index (κ1) is 11.6. The van der Waals surface area contributed by atoms with Crippen LogP contribution in [0.15, 0.2) is 0 Å². The highest BCUT2D eigenvalue weighted by Gasteiger charge is 2.26. The van der Waals surface area contributed by atoms with Gasteiger partial charge in [-0.1, -0.05) is 0 Å². The largest absolute Gasteiger partial charge is 0.492 e. The van der Waals surface area contributed by atoms with Crippen LogP contribution in [-0.2, 0) is 4.74 Å². The summed E-state index contributed by atoms with van der Waals surface area (Å²) in [6.45, 7) is 4.37. The second-order valence-corrected chi connectivity index (χ2v) is 4.22. The molecule has 0 radical (unpaired) electrons. The van der Waals surface area contributed by atoms with Crippen LogP contribution in [0.5, 0.6) is 0 Å². The summed E-state index contributed by atoms with van der Waals surface area (Å²) in [6, 6.07) is 0. The molecule has 2 rings (SSSR count). The van der Waals surface area contributed by atoms with Gasteiger partial charge in [-0.3, -0.25) is 0 Å². The zero-order valence-corrected chi connectivity index (χ0v) is 9.68. The predicted molar refractivity (Wildman–Crippen MR) is 60.4 cm³/mol. The molecular formula is C10H17BN2O3. The van der Waals surface area contributed by atoms with E-state index in [4.69, 9.17) is 4.74 Å². The fraction of sp³-hybridized carbons (Fsp3) is 0.700. The van der Waals surface area contributed by atoms with E-state index in [9.17, 15) is 10.0 Å². The first-order valence-electron chi connectivity index (χ1n) is 5.64. The highest BCUT2D eigenvalue weighted by atomic mass is 16.5. The van der Waals surface area contributed by atoms with E-state index in [1.807, 2.05) is 6.92 Å². The Morgan fingerprint density at radius 2 is 2.12 bits per heavy atom. The van der Waals surface area contributed by atoms with E-state index in [2.05, 4.69) is 5.10 Å². The Morgan fingerprint density at radius 3 is 2.62 bits per heavy atom. The number of aromatic nitrogens is 2. The molecular weight excluding hydrogens is 207 g/mol. The molecule has 0 saturated carbocycles. The van der Waals surface area contributed by atoms with Crippen LogP contribution in [0.4, 0.5) is 0 Å². The van der Waals surface area contributed by atoms with Crippen molar-refractivity contribution in [2.75, 3.05) is 6.61 Å². The summed E-state index contributed by atoms with van der Waals surface area (Å²) < 4.78 is 7.40. The zero-order chi connectivity index (χ0) is 11.7. The lowest BCUT2D eigenvalue weighted by Gasteiger charge is -2.24. The average molecular weight is 224 g/mol. The molecule has 0 amide bonds. The number of hydrogen-bond donors (Lipinski definition) is 2. The maximum Gasteiger partial charge on any atom is 0.492 e. The molecule has 0 bridgehead atoms. The van der Waals surface area contributed by atoms with Crippen molar-refractivity contribution in [2.24, 2.45) is 0 Å². The Bertz CT molecular complexity index is 372. The van der Waals surface area contributed by atoms with Gasteiger partial charge in [0.2, 0.25) is 0 Å². The maximum atomic E-state index is 9.26. The van der Waals surface area contributed by atoms with E-state index in [-0.39, 0.29) is 6.23 Å². The van der Waals surface area contributed by atoms with Crippen molar-refractivity contribution in [1.82, 2.24) is 9.78 Å². The number of ether oxygens (including phenoxy) is 1. The average Bonchev–Trinajstić information content (AvgIpc) is 2.55. The van der Waals surface area contributed by atoms with E-state index in [0.717, 1.165) is 31.6 Å². The quantitative estimate of drug-likeness (QED) is 0.687. The molecule has 2 heterocycles. The minimum absolute atomic E-state index is 0.0556. The maximum absolute atomic E-state index is 9.26. The lowest BCUT2D eigenvalue weighted by molar-refractivity contribution is -0.0407. The third-order valence-electron chi connectivity index (χ3n) is 3.07. The van der Waals surface area contributed by atoms with Crippen LogP contribution >= 0.6 is 0 Å². The van der Waals surface area contributed by atoms with Crippen molar-refractivity contribution in [3.63, 3.8) is 0 Å². The molecule has 6 heteroatoms. The van der Waals surface area contributed by atoms with Crippen molar-refractivity contribution in [2.45, 2.75) is 39.3 Å². The van der Waals surface area contributed by atoms with E-state index in [1.54, 1.807) is 11.6 Å². The molecule has 1 saturated heterocycles. The molecule has 16 heavy (non-hydrogen) atoms.